The first kappa shape index (κ1) is 18.2. The number of rotatable bonds is 6. The van der Waals surface area contributed by atoms with Gasteiger partial charge in [-0.2, -0.15) is 0 Å². The van der Waals surface area contributed by atoms with Gasteiger partial charge < -0.3 is 10.1 Å². The van der Waals surface area contributed by atoms with Crippen LogP contribution in [0.25, 0.3) is 0 Å². The lowest BCUT2D eigenvalue weighted by molar-refractivity contribution is -0.0141. The van der Waals surface area contributed by atoms with Crippen molar-refractivity contribution in [2.45, 2.75) is 71.9 Å². The third-order valence-electron chi connectivity index (χ3n) is 3.51. The second kappa shape index (κ2) is 7.42. The number of likely N-dealkylation sites (N-methyl/N-ethyl adjacent to an activating group) is 1. The summed E-state index contributed by atoms with van der Waals surface area (Å²) in [5.74, 6) is 0. The minimum Gasteiger partial charge on any atom is -0.374 e. The van der Waals surface area contributed by atoms with Gasteiger partial charge in [0.1, 0.15) is 0 Å². The topological polar surface area (TPSA) is 21.3 Å². The molecule has 0 heterocycles. The summed E-state index contributed by atoms with van der Waals surface area (Å²) in [4.78, 5) is 0. The molecule has 0 radical (unpaired) electrons. The first-order valence-corrected chi connectivity index (χ1v) is 8.08. The van der Waals surface area contributed by atoms with Crippen LogP contribution in [0.5, 0.6) is 0 Å². The van der Waals surface area contributed by atoms with Crippen molar-refractivity contribution in [1.82, 2.24) is 5.32 Å². The predicted octanol–water partition coefficient (Wildman–Crippen LogP) is 4.32. The fraction of sp³-hybridized carbons (Fsp3) is 0.684. The van der Waals surface area contributed by atoms with Crippen molar-refractivity contribution in [3.63, 3.8) is 0 Å². The second-order valence-electron chi connectivity index (χ2n) is 7.83. The van der Waals surface area contributed by atoms with Crippen LogP contribution in [0.4, 0.5) is 0 Å². The minimum atomic E-state index is -0.0796. The monoisotopic (exact) mass is 291 g/mol. The highest BCUT2D eigenvalue weighted by Crippen LogP contribution is 2.22. The lowest BCUT2D eigenvalue weighted by atomic mass is 9.86. The molecule has 1 aromatic carbocycles. The first-order valence-electron chi connectivity index (χ1n) is 8.08. The molecule has 1 N–H and O–H groups in total. The van der Waals surface area contributed by atoms with Crippen LogP contribution in [0.3, 0.4) is 0 Å². The molecule has 1 unspecified atom stereocenters. The number of hydrogen-bond acceptors (Lipinski definition) is 2. The van der Waals surface area contributed by atoms with E-state index in [0.29, 0.717) is 6.04 Å². The van der Waals surface area contributed by atoms with E-state index in [2.05, 4.69) is 78.0 Å². The van der Waals surface area contributed by atoms with Gasteiger partial charge in [0, 0.05) is 6.04 Å². The number of ether oxygens (including phenoxy) is 1. The van der Waals surface area contributed by atoms with Crippen molar-refractivity contribution in [2.75, 3.05) is 13.2 Å². The predicted molar refractivity (Wildman–Crippen MR) is 92.0 cm³/mol. The second-order valence-corrected chi connectivity index (χ2v) is 7.83. The van der Waals surface area contributed by atoms with Crippen LogP contribution in [0.2, 0.25) is 0 Å². The molecule has 2 nitrogen and oxygen atoms in total. The smallest absolute Gasteiger partial charge is 0.0629 e. The van der Waals surface area contributed by atoms with Gasteiger partial charge in [0.25, 0.3) is 0 Å². The van der Waals surface area contributed by atoms with E-state index in [1.54, 1.807) is 0 Å². The Labute approximate surface area is 131 Å². The lowest BCUT2D eigenvalue weighted by Gasteiger charge is -2.25. The van der Waals surface area contributed by atoms with E-state index in [4.69, 9.17) is 4.74 Å². The van der Waals surface area contributed by atoms with Crippen molar-refractivity contribution >= 4 is 0 Å². The third kappa shape index (κ3) is 7.10. The molecular weight excluding hydrogens is 258 g/mol. The van der Waals surface area contributed by atoms with Gasteiger partial charge in [-0.25, -0.2) is 0 Å². The SMILES string of the molecule is CCNC(COC(C)(C)C)Cc1ccc(C(C)(C)C)cc1. The molecule has 1 aromatic rings. The summed E-state index contributed by atoms with van der Waals surface area (Å²) in [5, 5.41) is 3.52. The summed E-state index contributed by atoms with van der Waals surface area (Å²) in [5.41, 5.74) is 2.89. The Morgan fingerprint density at radius 1 is 1.00 bits per heavy atom. The molecule has 0 aliphatic rings. The molecule has 0 aliphatic heterocycles. The van der Waals surface area contributed by atoms with Crippen molar-refractivity contribution < 1.29 is 4.74 Å². The van der Waals surface area contributed by atoms with Gasteiger partial charge in [-0.3, -0.25) is 0 Å². The van der Waals surface area contributed by atoms with Crippen LogP contribution < -0.4 is 5.32 Å². The molecule has 120 valence electrons. The van der Waals surface area contributed by atoms with Crippen molar-refractivity contribution in [3.8, 4) is 0 Å². The number of hydrogen-bond donors (Lipinski definition) is 1. The van der Waals surface area contributed by atoms with E-state index in [0.717, 1.165) is 19.6 Å². The first-order chi connectivity index (χ1) is 9.62. The Morgan fingerprint density at radius 3 is 2.00 bits per heavy atom. The number of benzene rings is 1. The van der Waals surface area contributed by atoms with Gasteiger partial charge in [0.15, 0.2) is 0 Å². The van der Waals surface area contributed by atoms with Crippen molar-refractivity contribution in [2.24, 2.45) is 0 Å². The van der Waals surface area contributed by atoms with Gasteiger partial charge in [0.05, 0.1) is 12.2 Å². The van der Waals surface area contributed by atoms with E-state index in [-0.39, 0.29) is 11.0 Å². The Hall–Kier alpha value is -0.860. The fourth-order valence-electron chi connectivity index (χ4n) is 2.25. The van der Waals surface area contributed by atoms with Gasteiger partial charge >= 0.3 is 0 Å². The van der Waals surface area contributed by atoms with Crippen molar-refractivity contribution in [3.05, 3.63) is 35.4 Å². The van der Waals surface area contributed by atoms with Crippen LogP contribution in [0.15, 0.2) is 24.3 Å². The molecule has 0 aromatic heterocycles. The molecule has 0 aliphatic carbocycles. The summed E-state index contributed by atoms with van der Waals surface area (Å²) in [7, 11) is 0. The van der Waals surface area contributed by atoms with Gasteiger partial charge in [0.2, 0.25) is 0 Å². The fourth-order valence-corrected chi connectivity index (χ4v) is 2.25. The minimum absolute atomic E-state index is 0.0796. The molecule has 1 atom stereocenters. The van der Waals surface area contributed by atoms with Gasteiger partial charge in [-0.1, -0.05) is 52.0 Å². The average molecular weight is 291 g/mol. The summed E-state index contributed by atoms with van der Waals surface area (Å²) in [6.45, 7) is 16.9. The molecule has 0 fully saturated rings. The van der Waals surface area contributed by atoms with Crippen molar-refractivity contribution in [1.29, 1.82) is 0 Å². The van der Waals surface area contributed by atoms with E-state index in [9.17, 15) is 0 Å². The van der Waals surface area contributed by atoms with Gasteiger partial charge in [-0.05, 0) is 50.3 Å². The van der Waals surface area contributed by atoms with Crippen LogP contribution >= 0.6 is 0 Å². The Balaban J connectivity index is 2.66. The molecule has 0 saturated carbocycles. The highest BCUT2D eigenvalue weighted by atomic mass is 16.5. The third-order valence-corrected chi connectivity index (χ3v) is 3.51. The van der Waals surface area contributed by atoms with E-state index in [1.165, 1.54) is 11.1 Å². The Morgan fingerprint density at radius 2 is 1.57 bits per heavy atom. The molecule has 0 amide bonds. The summed E-state index contributed by atoms with van der Waals surface area (Å²) >= 11 is 0. The van der Waals surface area contributed by atoms with Crippen LogP contribution in [-0.4, -0.2) is 24.8 Å². The maximum absolute atomic E-state index is 5.93. The highest BCUT2D eigenvalue weighted by molar-refractivity contribution is 5.28. The van der Waals surface area contributed by atoms with E-state index >= 15 is 0 Å². The van der Waals surface area contributed by atoms with Crippen LogP contribution in [0, 0.1) is 0 Å². The molecule has 0 spiro atoms. The van der Waals surface area contributed by atoms with E-state index in [1.807, 2.05) is 0 Å². The maximum Gasteiger partial charge on any atom is 0.0629 e. The Kier molecular flexibility index (Phi) is 6.42. The van der Waals surface area contributed by atoms with Crippen LogP contribution in [-0.2, 0) is 16.6 Å². The highest BCUT2D eigenvalue weighted by Gasteiger charge is 2.16. The largest absolute Gasteiger partial charge is 0.374 e. The normalized spacial score (nSPS) is 14.2. The lowest BCUT2D eigenvalue weighted by Crippen LogP contribution is -2.38. The summed E-state index contributed by atoms with van der Waals surface area (Å²) in [6, 6.07) is 9.38. The molecule has 0 saturated heterocycles. The summed E-state index contributed by atoms with van der Waals surface area (Å²) in [6.07, 6.45) is 1.01. The molecule has 2 heteroatoms. The maximum atomic E-state index is 5.93. The number of nitrogens with one attached hydrogen (secondary N) is 1. The van der Waals surface area contributed by atoms with E-state index < -0.39 is 0 Å². The molecule has 0 bridgehead atoms. The molecule has 21 heavy (non-hydrogen) atoms. The zero-order chi connectivity index (χ0) is 16.1. The summed E-state index contributed by atoms with van der Waals surface area (Å²) < 4.78 is 5.93. The zero-order valence-electron chi connectivity index (χ0n) is 14.9. The van der Waals surface area contributed by atoms with Crippen LogP contribution in [0.1, 0.15) is 59.6 Å². The molecular formula is C19H33NO. The standard InChI is InChI=1S/C19H33NO/c1-8-20-17(14-21-19(5,6)7)13-15-9-11-16(12-10-15)18(2,3)4/h9-12,17,20H,8,13-14H2,1-7H3. The zero-order valence-corrected chi connectivity index (χ0v) is 14.9. The average Bonchev–Trinajstić information content (AvgIpc) is 2.35. The quantitative estimate of drug-likeness (QED) is 0.843. The molecule has 1 rings (SSSR count). The van der Waals surface area contributed by atoms with Gasteiger partial charge in [-0.15, -0.1) is 0 Å². The Bertz CT molecular complexity index is 409.